The third-order valence-corrected chi connectivity index (χ3v) is 6.76. The Labute approximate surface area is 169 Å². The van der Waals surface area contributed by atoms with Crippen molar-refractivity contribution in [3.8, 4) is 0 Å². The van der Waals surface area contributed by atoms with Crippen LogP contribution >= 0.6 is 0 Å². The Morgan fingerprint density at radius 1 is 1.17 bits per heavy atom. The Bertz CT molecular complexity index is 866. The van der Waals surface area contributed by atoms with Gasteiger partial charge in [0.05, 0.1) is 6.61 Å². The maximum Gasteiger partial charge on any atom is 0.255 e. The van der Waals surface area contributed by atoms with Crippen molar-refractivity contribution in [2.45, 2.75) is 43.9 Å². The van der Waals surface area contributed by atoms with Crippen LogP contribution in [-0.2, 0) is 27.4 Å². The molecule has 0 bridgehead atoms. The molecule has 1 aromatic carbocycles. The molecule has 0 saturated carbocycles. The number of piperidine rings is 1. The van der Waals surface area contributed by atoms with E-state index in [1.807, 2.05) is 12.1 Å². The van der Waals surface area contributed by atoms with Gasteiger partial charge in [0.25, 0.3) is 5.91 Å². The van der Waals surface area contributed by atoms with Gasteiger partial charge >= 0.3 is 0 Å². The zero-order valence-corrected chi connectivity index (χ0v) is 16.4. The number of ether oxygens (including phenoxy) is 1. The van der Waals surface area contributed by atoms with Crippen LogP contribution < -0.4 is 10.6 Å². The first-order valence-electron chi connectivity index (χ1n) is 10.4. The van der Waals surface area contributed by atoms with Gasteiger partial charge in [0, 0.05) is 56.9 Å². The summed E-state index contributed by atoms with van der Waals surface area (Å²) >= 11 is 0. The number of carbonyl (C=O) groups excluding carboxylic acids is 3. The van der Waals surface area contributed by atoms with Crippen LogP contribution in [0.1, 0.15) is 40.7 Å². The molecule has 0 aliphatic carbocycles. The highest BCUT2D eigenvalue weighted by atomic mass is 16.5. The normalized spacial score (nSPS) is 26.8. The van der Waals surface area contributed by atoms with E-state index < -0.39 is 6.04 Å². The standard InChI is InChI=1S/C21H26N4O4/c26-18-4-3-17(19(27)23-18)25-11-15-9-14(1-2-16(15)20(25)28)10-24-6-8-29-7-5-21(24)12-22-13-21/h1-2,9,17,22H,3-8,10-13H2,(H,23,26,27). The van der Waals surface area contributed by atoms with E-state index in [0.717, 1.165) is 51.4 Å². The fraction of sp³-hybridized carbons (Fsp3) is 0.571. The summed E-state index contributed by atoms with van der Waals surface area (Å²) in [7, 11) is 0. The molecular formula is C21H26N4O4. The minimum atomic E-state index is -0.567. The molecule has 1 atom stereocenters. The molecule has 1 unspecified atom stereocenters. The smallest absolute Gasteiger partial charge is 0.255 e. The van der Waals surface area contributed by atoms with Gasteiger partial charge < -0.3 is 15.0 Å². The largest absolute Gasteiger partial charge is 0.380 e. The van der Waals surface area contributed by atoms with Gasteiger partial charge in [-0.25, -0.2) is 0 Å². The molecule has 5 rings (SSSR count). The molecule has 8 nitrogen and oxygen atoms in total. The number of hydrogen-bond acceptors (Lipinski definition) is 6. The Morgan fingerprint density at radius 3 is 2.79 bits per heavy atom. The van der Waals surface area contributed by atoms with E-state index in [4.69, 9.17) is 4.74 Å². The number of benzene rings is 1. The van der Waals surface area contributed by atoms with Gasteiger partial charge in [-0.1, -0.05) is 12.1 Å². The molecule has 4 heterocycles. The average Bonchev–Trinajstić information content (AvgIpc) is 2.85. The lowest BCUT2D eigenvalue weighted by Gasteiger charge is -2.50. The van der Waals surface area contributed by atoms with Gasteiger partial charge in [-0.15, -0.1) is 0 Å². The number of nitrogens with one attached hydrogen (secondary N) is 2. The Balaban J connectivity index is 1.33. The molecule has 4 aliphatic rings. The van der Waals surface area contributed by atoms with Gasteiger partial charge in [0.15, 0.2) is 0 Å². The highest BCUT2D eigenvalue weighted by Gasteiger charge is 2.43. The highest BCUT2D eigenvalue weighted by Crippen LogP contribution is 2.31. The zero-order valence-electron chi connectivity index (χ0n) is 16.4. The fourth-order valence-corrected chi connectivity index (χ4v) is 4.94. The molecule has 154 valence electrons. The average molecular weight is 398 g/mol. The topological polar surface area (TPSA) is 91.0 Å². The lowest BCUT2D eigenvalue weighted by atomic mass is 9.86. The van der Waals surface area contributed by atoms with Crippen molar-refractivity contribution in [3.63, 3.8) is 0 Å². The Kier molecular flexibility index (Phi) is 4.64. The maximum absolute atomic E-state index is 12.9. The second-order valence-electron chi connectivity index (χ2n) is 8.50. The minimum absolute atomic E-state index is 0.121. The van der Waals surface area contributed by atoms with Crippen LogP contribution in [0.15, 0.2) is 18.2 Å². The molecule has 8 heteroatoms. The second kappa shape index (κ2) is 7.19. The lowest BCUT2D eigenvalue weighted by molar-refractivity contribution is -0.136. The van der Waals surface area contributed by atoms with Gasteiger partial charge in [0.1, 0.15) is 6.04 Å². The van der Waals surface area contributed by atoms with Gasteiger partial charge in [-0.3, -0.25) is 24.6 Å². The summed E-state index contributed by atoms with van der Waals surface area (Å²) in [6, 6.07) is 5.45. The molecule has 29 heavy (non-hydrogen) atoms. The molecule has 1 aromatic rings. The first-order valence-corrected chi connectivity index (χ1v) is 10.4. The molecule has 1 spiro atoms. The summed E-state index contributed by atoms with van der Waals surface area (Å²) in [4.78, 5) is 40.6. The zero-order chi connectivity index (χ0) is 20.0. The molecule has 3 fully saturated rings. The van der Waals surface area contributed by atoms with E-state index >= 15 is 0 Å². The van der Waals surface area contributed by atoms with Crippen LogP contribution in [0.2, 0.25) is 0 Å². The molecule has 4 aliphatic heterocycles. The third-order valence-electron chi connectivity index (χ3n) is 6.76. The summed E-state index contributed by atoms with van der Waals surface area (Å²) in [6.07, 6.45) is 1.70. The van der Waals surface area contributed by atoms with E-state index in [0.29, 0.717) is 18.5 Å². The van der Waals surface area contributed by atoms with Crippen molar-refractivity contribution in [2.24, 2.45) is 0 Å². The number of amides is 3. The summed E-state index contributed by atoms with van der Waals surface area (Å²) in [5.41, 5.74) is 2.97. The monoisotopic (exact) mass is 398 g/mol. The van der Waals surface area contributed by atoms with Crippen LogP contribution in [-0.4, -0.2) is 72.0 Å². The van der Waals surface area contributed by atoms with Crippen molar-refractivity contribution in [2.75, 3.05) is 32.8 Å². The molecule has 0 aromatic heterocycles. The third kappa shape index (κ3) is 3.25. The van der Waals surface area contributed by atoms with Crippen LogP contribution in [0.4, 0.5) is 0 Å². The Hall–Kier alpha value is -2.29. The first kappa shape index (κ1) is 18.7. The van der Waals surface area contributed by atoms with Gasteiger partial charge in [-0.05, 0) is 30.0 Å². The number of hydrogen-bond donors (Lipinski definition) is 2. The van der Waals surface area contributed by atoms with Crippen LogP contribution in [0.3, 0.4) is 0 Å². The summed E-state index contributed by atoms with van der Waals surface area (Å²) in [5.74, 6) is -0.756. The molecule has 2 N–H and O–H groups in total. The van der Waals surface area contributed by atoms with E-state index in [1.54, 1.807) is 4.90 Å². The maximum atomic E-state index is 12.9. The number of fused-ring (bicyclic) bond motifs is 1. The molecule has 3 amide bonds. The van der Waals surface area contributed by atoms with Crippen molar-refractivity contribution in [3.05, 3.63) is 34.9 Å². The number of carbonyl (C=O) groups is 3. The summed E-state index contributed by atoms with van der Waals surface area (Å²) < 4.78 is 5.70. The highest BCUT2D eigenvalue weighted by molar-refractivity contribution is 6.05. The van der Waals surface area contributed by atoms with Crippen molar-refractivity contribution in [1.82, 2.24) is 20.4 Å². The van der Waals surface area contributed by atoms with Crippen LogP contribution in [0.5, 0.6) is 0 Å². The quantitative estimate of drug-likeness (QED) is 0.698. The predicted octanol–water partition coefficient (Wildman–Crippen LogP) is 0.0119. The van der Waals surface area contributed by atoms with Crippen molar-refractivity contribution in [1.29, 1.82) is 0 Å². The van der Waals surface area contributed by atoms with Crippen molar-refractivity contribution < 1.29 is 19.1 Å². The van der Waals surface area contributed by atoms with Gasteiger partial charge in [-0.2, -0.15) is 0 Å². The fourth-order valence-electron chi connectivity index (χ4n) is 4.94. The van der Waals surface area contributed by atoms with Crippen LogP contribution in [0.25, 0.3) is 0 Å². The number of imide groups is 1. The number of rotatable bonds is 3. The minimum Gasteiger partial charge on any atom is -0.380 e. The molecule has 0 radical (unpaired) electrons. The second-order valence-corrected chi connectivity index (χ2v) is 8.50. The van der Waals surface area contributed by atoms with Crippen LogP contribution in [0, 0.1) is 0 Å². The predicted molar refractivity (Wildman–Crippen MR) is 104 cm³/mol. The molecule has 3 saturated heterocycles. The number of nitrogens with zero attached hydrogens (tertiary/aromatic N) is 2. The van der Waals surface area contributed by atoms with E-state index in [2.05, 4.69) is 21.6 Å². The SMILES string of the molecule is O=C1CCC(N2Cc3cc(CN4CCOCCC45CNC5)ccc3C2=O)C(=O)N1. The van der Waals surface area contributed by atoms with E-state index in [9.17, 15) is 14.4 Å². The lowest BCUT2D eigenvalue weighted by Crippen LogP contribution is -2.68. The summed E-state index contributed by atoms with van der Waals surface area (Å²) in [5, 5.41) is 5.75. The first-order chi connectivity index (χ1) is 14.1. The Morgan fingerprint density at radius 2 is 2.03 bits per heavy atom. The van der Waals surface area contributed by atoms with Gasteiger partial charge in [0.2, 0.25) is 11.8 Å². The van der Waals surface area contributed by atoms with E-state index in [1.165, 1.54) is 5.56 Å². The van der Waals surface area contributed by atoms with Crippen molar-refractivity contribution >= 4 is 17.7 Å². The summed E-state index contributed by atoms with van der Waals surface area (Å²) in [6.45, 7) is 5.67. The van der Waals surface area contributed by atoms with E-state index in [-0.39, 0.29) is 29.7 Å². The molecular weight excluding hydrogens is 372 g/mol.